The highest BCUT2D eigenvalue weighted by atomic mass is 16.5. The van der Waals surface area contributed by atoms with Crippen LogP contribution in [0.3, 0.4) is 0 Å². The smallest absolute Gasteiger partial charge is 0.230 e. The van der Waals surface area contributed by atoms with Crippen molar-refractivity contribution in [2.45, 2.75) is 38.1 Å². The number of nitrogens with zero attached hydrogens (tertiary/aromatic N) is 3. The number of hydrogen-bond acceptors (Lipinski definition) is 4. The minimum atomic E-state index is -0.227. The fourth-order valence-corrected chi connectivity index (χ4v) is 5.24. The summed E-state index contributed by atoms with van der Waals surface area (Å²) in [4.78, 5) is 22.7. The number of rotatable bonds is 2. The van der Waals surface area contributed by atoms with Gasteiger partial charge in [-0.25, -0.2) is 4.98 Å². The van der Waals surface area contributed by atoms with Crippen molar-refractivity contribution < 1.29 is 9.53 Å². The van der Waals surface area contributed by atoms with Gasteiger partial charge in [0, 0.05) is 50.5 Å². The van der Waals surface area contributed by atoms with Gasteiger partial charge in [0.15, 0.2) is 0 Å². The Morgan fingerprint density at radius 3 is 2.81 bits per heavy atom. The molecule has 1 spiro atoms. The predicted molar refractivity (Wildman–Crippen MR) is 106 cm³/mol. The number of pyridine rings is 1. The molecule has 0 radical (unpaired) electrons. The van der Waals surface area contributed by atoms with Crippen molar-refractivity contribution in [2.75, 3.05) is 37.7 Å². The van der Waals surface area contributed by atoms with Crippen LogP contribution in [0.25, 0.3) is 10.8 Å². The molecule has 5 heteroatoms. The number of amides is 1. The van der Waals surface area contributed by atoms with Gasteiger partial charge in [0.1, 0.15) is 5.82 Å². The lowest BCUT2D eigenvalue weighted by Gasteiger charge is -2.41. The number of hydrogen-bond donors (Lipinski definition) is 0. The van der Waals surface area contributed by atoms with E-state index in [4.69, 9.17) is 9.72 Å². The summed E-state index contributed by atoms with van der Waals surface area (Å²) in [5, 5.41) is 2.40. The summed E-state index contributed by atoms with van der Waals surface area (Å²) in [6.45, 7) is 4.25. The fraction of sp³-hybridized carbons (Fsp3) is 0.545. The maximum absolute atomic E-state index is 13.5. The Morgan fingerprint density at radius 2 is 1.93 bits per heavy atom. The zero-order chi connectivity index (χ0) is 18.3. The number of anilines is 1. The lowest BCUT2D eigenvalue weighted by Crippen LogP contribution is -2.50. The van der Waals surface area contributed by atoms with Gasteiger partial charge in [0.25, 0.3) is 0 Å². The van der Waals surface area contributed by atoms with E-state index in [0.717, 1.165) is 70.8 Å². The molecule has 2 aromatic rings. The lowest BCUT2D eigenvalue weighted by molar-refractivity contribution is -0.139. The quantitative estimate of drug-likeness (QED) is 0.820. The van der Waals surface area contributed by atoms with Crippen LogP contribution in [0.15, 0.2) is 36.5 Å². The van der Waals surface area contributed by atoms with Crippen LogP contribution in [0.2, 0.25) is 0 Å². The van der Waals surface area contributed by atoms with Crippen LogP contribution in [0.1, 0.15) is 32.1 Å². The minimum Gasteiger partial charge on any atom is -0.381 e. The molecule has 1 aromatic carbocycles. The molecule has 5 rings (SSSR count). The first-order valence-corrected chi connectivity index (χ1v) is 10.2. The molecule has 142 valence electrons. The Hall–Kier alpha value is -2.14. The average molecular weight is 365 g/mol. The van der Waals surface area contributed by atoms with E-state index in [0.29, 0.717) is 11.9 Å². The molecule has 1 amide bonds. The average Bonchev–Trinajstić information content (AvgIpc) is 3.04. The van der Waals surface area contributed by atoms with Crippen LogP contribution in [0.5, 0.6) is 0 Å². The number of aromatic nitrogens is 1. The van der Waals surface area contributed by atoms with Crippen LogP contribution in [0, 0.1) is 5.41 Å². The molecule has 0 aliphatic carbocycles. The molecular formula is C22H27N3O2. The molecule has 0 N–H and O–H groups in total. The van der Waals surface area contributed by atoms with E-state index >= 15 is 0 Å². The van der Waals surface area contributed by atoms with Gasteiger partial charge in [-0.15, -0.1) is 0 Å². The number of fused-ring (bicyclic) bond motifs is 1. The van der Waals surface area contributed by atoms with Crippen molar-refractivity contribution in [3.63, 3.8) is 0 Å². The van der Waals surface area contributed by atoms with E-state index < -0.39 is 0 Å². The minimum absolute atomic E-state index is 0.227. The van der Waals surface area contributed by atoms with Crippen molar-refractivity contribution in [1.82, 2.24) is 9.88 Å². The molecule has 1 atom stereocenters. The van der Waals surface area contributed by atoms with Gasteiger partial charge >= 0.3 is 0 Å². The summed E-state index contributed by atoms with van der Waals surface area (Å²) in [6, 6.07) is 10.8. The van der Waals surface area contributed by atoms with Gasteiger partial charge in [0.2, 0.25) is 5.91 Å². The molecule has 0 bridgehead atoms. The summed E-state index contributed by atoms with van der Waals surface area (Å²) in [5.41, 5.74) is -0.227. The molecular weight excluding hydrogens is 338 g/mol. The highest BCUT2D eigenvalue weighted by molar-refractivity contribution is 5.93. The zero-order valence-electron chi connectivity index (χ0n) is 15.8. The van der Waals surface area contributed by atoms with E-state index in [2.05, 4.69) is 40.1 Å². The molecule has 27 heavy (non-hydrogen) atoms. The second-order valence-electron chi connectivity index (χ2n) is 8.25. The molecule has 3 fully saturated rings. The third-order valence-corrected chi connectivity index (χ3v) is 6.71. The number of piperidine rings is 1. The van der Waals surface area contributed by atoms with E-state index in [1.807, 2.05) is 6.20 Å². The normalized spacial score (nSPS) is 27.0. The van der Waals surface area contributed by atoms with E-state index in [1.165, 1.54) is 10.8 Å². The first-order valence-electron chi connectivity index (χ1n) is 10.2. The zero-order valence-corrected chi connectivity index (χ0v) is 15.8. The first kappa shape index (κ1) is 17.0. The van der Waals surface area contributed by atoms with Gasteiger partial charge in [-0.3, -0.25) is 4.79 Å². The topological polar surface area (TPSA) is 45.7 Å². The highest BCUT2D eigenvalue weighted by Crippen LogP contribution is 2.43. The number of carbonyl (C=O) groups excluding carboxylic acids is 1. The second kappa shape index (κ2) is 6.79. The largest absolute Gasteiger partial charge is 0.381 e. The Labute approximate surface area is 160 Å². The van der Waals surface area contributed by atoms with Crippen LogP contribution >= 0.6 is 0 Å². The summed E-state index contributed by atoms with van der Waals surface area (Å²) < 4.78 is 5.49. The van der Waals surface area contributed by atoms with Crippen LogP contribution in [-0.4, -0.2) is 54.7 Å². The van der Waals surface area contributed by atoms with Crippen molar-refractivity contribution in [2.24, 2.45) is 5.41 Å². The molecule has 3 saturated heterocycles. The highest BCUT2D eigenvalue weighted by Gasteiger charge is 2.50. The van der Waals surface area contributed by atoms with Crippen LogP contribution < -0.4 is 4.90 Å². The molecule has 3 aliphatic heterocycles. The summed E-state index contributed by atoms with van der Waals surface area (Å²) in [7, 11) is 0. The van der Waals surface area contributed by atoms with Gasteiger partial charge in [-0.1, -0.05) is 24.3 Å². The Kier molecular flexibility index (Phi) is 4.27. The van der Waals surface area contributed by atoms with Crippen LogP contribution in [-0.2, 0) is 9.53 Å². The Bertz CT molecular complexity index is 843. The summed E-state index contributed by atoms with van der Waals surface area (Å²) in [6.07, 6.45) is 6.89. The third-order valence-electron chi connectivity index (χ3n) is 6.71. The number of ether oxygens (including phenoxy) is 1. The standard InChI is InChI=1S/C22H27N3O2/c26-21-22(10-13-25(21)18-7-14-27-15-8-18)9-3-12-24(16-22)20-19-5-2-1-4-17(19)6-11-23-20/h1-2,4-6,11,18H,3,7-10,12-16H2. The van der Waals surface area contributed by atoms with Crippen LogP contribution in [0.4, 0.5) is 5.82 Å². The molecule has 1 unspecified atom stereocenters. The predicted octanol–water partition coefficient (Wildman–Crippen LogP) is 3.23. The molecule has 4 heterocycles. The van der Waals surface area contributed by atoms with Crippen molar-refractivity contribution in [3.8, 4) is 0 Å². The van der Waals surface area contributed by atoms with Gasteiger partial charge in [-0.05, 0) is 43.6 Å². The van der Waals surface area contributed by atoms with Gasteiger partial charge in [-0.2, -0.15) is 0 Å². The molecule has 3 aliphatic rings. The van der Waals surface area contributed by atoms with Gasteiger partial charge < -0.3 is 14.5 Å². The SMILES string of the molecule is O=C1N(C2CCOCC2)CCC12CCCN(c1nccc3ccccc13)C2. The first-order chi connectivity index (χ1) is 13.3. The van der Waals surface area contributed by atoms with Crippen molar-refractivity contribution >= 4 is 22.5 Å². The fourth-order valence-electron chi connectivity index (χ4n) is 5.24. The number of benzene rings is 1. The summed E-state index contributed by atoms with van der Waals surface area (Å²) >= 11 is 0. The summed E-state index contributed by atoms with van der Waals surface area (Å²) in [5.74, 6) is 1.41. The second-order valence-corrected chi connectivity index (χ2v) is 8.25. The maximum Gasteiger partial charge on any atom is 0.230 e. The molecule has 5 nitrogen and oxygen atoms in total. The lowest BCUT2D eigenvalue weighted by atomic mass is 9.78. The third kappa shape index (κ3) is 2.89. The molecule has 1 aromatic heterocycles. The Balaban J connectivity index is 1.41. The van der Waals surface area contributed by atoms with E-state index in [9.17, 15) is 4.79 Å². The maximum atomic E-state index is 13.5. The number of likely N-dealkylation sites (tertiary alicyclic amines) is 1. The number of carbonyl (C=O) groups is 1. The van der Waals surface area contributed by atoms with E-state index in [-0.39, 0.29) is 5.41 Å². The van der Waals surface area contributed by atoms with Gasteiger partial charge in [0.05, 0.1) is 5.41 Å². The van der Waals surface area contributed by atoms with Crippen molar-refractivity contribution in [1.29, 1.82) is 0 Å². The molecule has 0 saturated carbocycles. The van der Waals surface area contributed by atoms with E-state index in [1.54, 1.807) is 0 Å². The monoisotopic (exact) mass is 365 g/mol. The Morgan fingerprint density at radius 1 is 1.07 bits per heavy atom. The van der Waals surface area contributed by atoms with Crippen molar-refractivity contribution in [3.05, 3.63) is 36.5 Å².